The molecule has 1 rings (SSSR count). The van der Waals surface area contributed by atoms with Crippen LogP contribution in [-0.2, 0) is 4.79 Å². The van der Waals surface area contributed by atoms with Crippen molar-refractivity contribution in [3.63, 3.8) is 0 Å². The van der Waals surface area contributed by atoms with Crippen molar-refractivity contribution < 1.29 is 9.90 Å². The lowest BCUT2D eigenvalue weighted by atomic mass is 9.97. The summed E-state index contributed by atoms with van der Waals surface area (Å²) in [5, 5.41) is 9.26. The average Bonchev–Trinajstić information content (AvgIpc) is 2.50. The Hall–Kier alpha value is -0.860. The number of nitrogens with zero attached hydrogens (tertiary/aromatic N) is 1. The van der Waals surface area contributed by atoms with Gasteiger partial charge in [-0.1, -0.05) is 77.0 Å². The molecule has 0 aliphatic carbocycles. The highest BCUT2D eigenvalue weighted by atomic mass is 16.4. The maximum absolute atomic E-state index is 11.3. The van der Waals surface area contributed by atoms with Crippen LogP contribution in [0.1, 0.15) is 96.3 Å². The number of hydrogen-bond acceptors (Lipinski definition) is 2. The molecule has 0 radical (unpaired) electrons. The minimum atomic E-state index is -0.655. The number of aliphatic carboxylic acids is 1. The molecule has 0 bridgehead atoms. The molecule has 0 saturated heterocycles. The molecule has 1 N–H and O–H groups in total. The van der Waals surface area contributed by atoms with Gasteiger partial charge in [-0.2, -0.15) is 0 Å². The summed E-state index contributed by atoms with van der Waals surface area (Å²) in [6.45, 7) is 0.867. The number of hydrogen-bond donors (Lipinski definition) is 1. The van der Waals surface area contributed by atoms with Gasteiger partial charge in [0.2, 0.25) is 0 Å². The van der Waals surface area contributed by atoms with Crippen molar-refractivity contribution in [3.8, 4) is 0 Å². The van der Waals surface area contributed by atoms with Crippen LogP contribution in [0.3, 0.4) is 0 Å². The van der Waals surface area contributed by atoms with Gasteiger partial charge in [-0.05, 0) is 25.5 Å². The van der Waals surface area contributed by atoms with Gasteiger partial charge in [-0.3, -0.25) is 9.79 Å². The van der Waals surface area contributed by atoms with Crippen LogP contribution in [0.25, 0.3) is 0 Å². The molecule has 128 valence electrons. The van der Waals surface area contributed by atoms with Crippen molar-refractivity contribution in [2.75, 3.05) is 6.54 Å². The van der Waals surface area contributed by atoms with Crippen molar-refractivity contribution in [1.82, 2.24) is 0 Å². The molecule has 1 aliphatic heterocycles. The lowest BCUT2D eigenvalue weighted by Gasteiger charge is -2.09. The first kappa shape index (κ1) is 19.2. The third-order valence-electron chi connectivity index (χ3n) is 4.71. The molecule has 1 atom stereocenters. The molecule has 0 aromatic heterocycles. The van der Waals surface area contributed by atoms with Crippen LogP contribution in [0, 0.1) is 5.92 Å². The fourth-order valence-corrected chi connectivity index (χ4v) is 3.17. The smallest absolute Gasteiger partial charge is 0.306 e. The van der Waals surface area contributed by atoms with Crippen LogP contribution in [0.15, 0.2) is 4.99 Å². The molecular formula is C19H35NO2. The maximum Gasteiger partial charge on any atom is 0.306 e. The van der Waals surface area contributed by atoms with Crippen LogP contribution in [0.4, 0.5) is 0 Å². The lowest BCUT2D eigenvalue weighted by Crippen LogP contribution is -2.14. The molecule has 3 nitrogen and oxygen atoms in total. The molecule has 0 saturated carbocycles. The Morgan fingerprint density at radius 1 is 0.773 bits per heavy atom. The predicted octanol–water partition coefficient (Wildman–Crippen LogP) is 5.62. The molecular weight excluding hydrogens is 274 g/mol. The van der Waals surface area contributed by atoms with E-state index in [9.17, 15) is 9.90 Å². The monoisotopic (exact) mass is 309 g/mol. The van der Waals surface area contributed by atoms with Gasteiger partial charge in [-0.25, -0.2) is 0 Å². The summed E-state index contributed by atoms with van der Waals surface area (Å²) in [5.74, 6) is -0.886. The fourth-order valence-electron chi connectivity index (χ4n) is 3.17. The van der Waals surface area contributed by atoms with E-state index in [0.717, 1.165) is 25.8 Å². The highest BCUT2D eigenvalue weighted by Crippen LogP contribution is 2.16. The Morgan fingerprint density at radius 2 is 1.23 bits per heavy atom. The van der Waals surface area contributed by atoms with Crippen LogP contribution >= 0.6 is 0 Å². The first-order valence-corrected chi connectivity index (χ1v) is 9.52. The maximum atomic E-state index is 11.3. The summed E-state index contributed by atoms with van der Waals surface area (Å²) < 4.78 is 0. The van der Waals surface area contributed by atoms with Gasteiger partial charge in [-0.15, -0.1) is 0 Å². The third-order valence-corrected chi connectivity index (χ3v) is 4.71. The van der Waals surface area contributed by atoms with Crippen LogP contribution in [0.2, 0.25) is 0 Å². The zero-order chi connectivity index (χ0) is 15.9. The Morgan fingerprint density at radius 3 is 1.73 bits per heavy atom. The van der Waals surface area contributed by atoms with Gasteiger partial charge < -0.3 is 5.11 Å². The molecule has 1 unspecified atom stereocenters. The molecule has 1 aliphatic rings. The van der Waals surface area contributed by atoms with E-state index in [0.29, 0.717) is 6.42 Å². The summed E-state index contributed by atoms with van der Waals surface area (Å²) in [6, 6.07) is 0. The fraction of sp³-hybridized carbons (Fsp3) is 0.895. The number of carboxylic acids is 1. The first-order chi connectivity index (χ1) is 10.8. The van der Waals surface area contributed by atoms with E-state index in [1.807, 2.05) is 6.21 Å². The molecule has 0 fully saturated rings. The van der Waals surface area contributed by atoms with E-state index >= 15 is 0 Å². The highest BCUT2D eigenvalue weighted by molar-refractivity contribution is 5.74. The Bertz CT molecular complexity index is 302. The van der Waals surface area contributed by atoms with E-state index < -0.39 is 5.97 Å². The molecule has 0 spiro atoms. The van der Waals surface area contributed by atoms with Gasteiger partial charge in [0.05, 0.1) is 5.92 Å². The quantitative estimate of drug-likeness (QED) is 0.683. The van der Waals surface area contributed by atoms with Crippen molar-refractivity contribution in [1.29, 1.82) is 0 Å². The summed E-state index contributed by atoms with van der Waals surface area (Å²) in [6.07, 6.45) is 20.1. The van der Waals surface area contributed by atoms with Gasteiger partial charge in [0.1, 0.15) is 0 Å². The molecule has 3 heteroatoms. The van der Waals surface area contributed by atoms with Crippen LogP contribution in [-0.4, -0.2) is 23.8 Å². The van der Waals surface area contributed by atoms with Gasteiger partial charge in [0.15, 0.2) is 0 Å². The Labute approximate surface area is 136 Å². The normalized spacial score (nSPS) is 24.8. The SMILES string of the molecule is O=C(O)C1CC=NCCCCCCCCCCCCCCC1. The van der Waals surface area contributed by atoms with Crippen LogP contribution in [0.5, 0.6) is 0 Å². The second kappa shape index (κ2) is 13.8. The van der Waals surface area contributed by atoms with E-state index in [4.69, 9.17) is 0 Å². The Kier molecular flexibility index (Phi) is 12.0. The number of carboxylic acid groups (broad SMARTS) is 1. The molecule has 1 heterocycles. The zero-order valence-corrected chi connectivity index (χ0v) is 14.3. The second-order valence-electron chi connectivity index (χ2n) is 6.74. The van der Waals surface area contributed by atoms with E-state index in [1.165, 1.54) is 70.6 Å². The number of rotatable bonds is 1. The van der Waals surface area contributed by atoms with Crippen molar-refractivity contribution in [2.24, 2.45) is 10.9 Å². The summed E-state index contributed by atoms with van der Waals surface area (Å²) >= 11 is 0. The van der Waals surface area contributed by atoms with E-state index in [2.05, 4.69) is 4.99 Å². The highest BCUT2D eigenvalue weighted by Gasteiger charge is 2.15. The second-order valence-corrected chi connectivity index (χ2v) is 6.74. The number of carbonyl (C=O) groups is 1. The summed E-state index contributed by atoms with van der Waals surface area (Å²) in [7, 11) is 0. The molecule has 0 aromatic carbocycles. The van der Waals surface area contributed by atoms with E-state index in [-0.39, 0.29) is 5.92 Å². The summed E-state index contributed by atoms with van der Waals surface area (Å²) in [4.78, 5) is 15.6. The number of aliphatic imine (C=N–C) groups is 1. The third kappa shape index (κ3) is 10.8. The van der Waals surface area contributed by atoms with E-state index in [1.54, 1.807) is 0 Å². The molecule has 0 aromatic rings. The van der Waals surface area contributed by atoms with Gasteiger partial charge in [0, 0.05) is 6.54 Å². The standard InChI is InChI=1S/C19H35NO2/c21-19(22)18-14-12-10-8-6-4-2-1-3-5-7-9-11-13-16-20-17-15-18/h17-18H,1-16H2,(H,21,22). The topological polar surface area (TPSA) is 49.7 Å². The minimum absolute atomic E-state index is 0.231. The van der Waals surface area contributed by atoms with Crippen molar-refractivity contribution in [2.45, 2.75) is 96.3 Å². The molecule has 0 amide bonds. The first-order valence-electron chi connectivity index (χ1n) is 9.52. The lowest BCUT2D eigenvalue weighted by molar-refractivity contribution is -0.141. The van der Waals surface area contributed by atoms with Crippen molar-refractivity contribution in [3.05, 3.63) is 0 Å². The van der Waals surface area contributed by atoms with Crippen molar-refractivity contribution >= 4 is 12.2 Å². The Balaban J connectivity index is 2.29. The van der Waals surface area contributed by atoms with Crippen LogP contribution < -0.4 is 0 Å². The molecule has 22 heavy (non-hydrogen) atoms. The van der Waals surface area contributed by atoms with Gasteiger partial charge in [0.25, 0.3) is 0 Å². The predicted molar refractivity (Wildman–Crippen MR) is 93.7 cm³/mol. The minimum Gasteiger partial charge on any atom is -0.481 e. The average molecular weight is 309 g/mol. The summed E-state index contributed by atoms with van der Waals surface area (Å²) in [5.41, 5.74) is 0. The zero-order valence-electron chi connectivity index (χ0n) is 14.3. The largest absolute Gasteiger partial charge is 0.481 e. The van der Waals surface area contributed by atoms with Gasteiger partial charge >= 0.3 is 5.97 Å².